The maximum absolute atomic E-state index is 6.27. The second-order valence-corrected chi connectivity index (χ2v) is 5.77. The first kappa shape index (κ1) is 13.5. The van der Waals surface area contributed by atoms with Crippen LogP contribution in [-0.4, -0.2) is 11.5 Å². The number of anilines is 2. The number of nitrogen functional groups attached to an aromatic ring is 1. The van der Waals surface area contributed by atoms with Gasteiger partial charge in [0.05, 0.1) is 10.0 Å². The van der Waals surface area contributed by atoms with E-state index in [-0.39, 0.29) is 0 Å². The number of pyridine rings is 1. The normalized spacial score (nSPS) is 14.8. The fourth-order valence-corrected chi connectivity index (χ4v) is 3.05. The predicted molar refractivity (Wildman–Crippen MR) is 84.5 cm³/mol. The molecule has 20 heavy (non-hydrogen) atoms. The highest BCUT2D eigenvalue weighted by atomic mass is 35.5. The van der Waals surface area contributed by atoms with Crippen LogP contribution in [0.15, 0.2) is 30.3 Å². The van der Waals surface area contributed by atoms with Gasteiger partial charge in [-0.1, -0.05) is 47.5 Å². The third-order valence-electron chi connectivity index (χ3n) is 3.59. The Labute approximate surface area is 128 Å². The summed E-state index contributed by atoms with van der Waals surface area (Å²) in [6.07, 6.45) is 2.14. The molecule has 0 unspecified atom stereocenters. The SMILES string of the molecule is Nc1nc(N2CCCc3ccccc3C2)c(Cl)cc1Cl. The van der Waals surface area contributed by atoms with Gasteiger partial charge in [0.2, 0.25) is 0 Å². The number of halogens is 2. The summed E-state index contributed by atoms with van der Waals surface area (Å²) >= 11 is 12.2. The topological polar surface area (TPSA) is 42.1 Å². The van der Waals surface area contributed by atoms with Crippen LogP contribution in [-0.2, 0) is 13.0 Å². The Hall–Kier alpha value is -1.45. The molecule has 0 saturated carbocycles. The summed E-state index contributed by atoms with van der Waals surface area (Å²) in [6.45, 7) is 1.70. The van der Waals surface area contributed by atoms with Gasteiger partial charge < -0.3 is 10.6 Å². The molecular weight excluding hydrogens is 293 g/mol. The average Bonchev–Trinajstić information content (AvgIpc) is 2.65. The molecule has 5 heteroatoms. The van der Waals surface area contributed by atoms with E-state index in [1.54, 1.807) is 6.07 Å². The fraction of sp³-hybridized carbons (Fsp3) is 0.267. The monoisotopic (exact) mass is 307 g/mol. The lowest BCUT2D eigenvalue weighted by Crippen LogP contribution is -2.24. The number of benzene rings is 1. The molecule has 0 amide bonds. The van der Waals surface area contributed by atoms with Crippen LogP contribution in [0, 0.1) is 0 Å². The Bertz CT molecular complexity index is 643. The maximum Gasteiger partial charge on any atom is 0.150 e. The summed E-state index contributed by atoms with van der Waals surface area (Å²) in [7, 11) is 0. The highest BCUT2D eigenvalue weighted by molar-refractivity contribution is 6.37. The molecule has 0 spiro atoms. The molecule has 2 aromatic rings. The van der Waals surface area contributed by atoms with Gasteiger partial charge in [-0.25, -0.2) is 4.98 Å². The lowest BCUT2D eigenvalue weighted by atomic mass is 10.0. The second kappa shape index (κ2) is 5.51. The fourth-order valence-electron chi connectivity index (χ4n) is 2.57. The molecule has 3 nitrogen and oxygen atoms in total. The highest BCUT2D eigenvalue weighted by Crippen LogP contribution is 2.32. The lowest BCUT2D eigenvalue weighted by molar-refractivity contribution is 0.755. The Morgan fingerprint density at radius 1 is 1.10 bits per heavy atom. The van der Waals surface area contributed by atoms with Crippen LogP contribution in [0.3, 0.4) is 0 Å². The molecule has 2 N–H and O–H groups in total. The Balaban J connectivity index is 1.97. The third kappa shape index (κ3) is 2.56. The van der Waals surface area contributed by atoms with Crippen molar-refractivity contribution in [3.63, 3.8) is 0 Å². The van der Waals surface area contributed by atoms with Crippen molar-refractivity contribution in [1.82, 2.24) is 4.98 Å². The van der Waals surface area contributed by atoms with Gasteiger partial charge in [-0.2, -0.15) is 0 Å². The summed E-state index contributed by atoms with van der Waals surface area (Å²) in [6, 6.07) is 10.1. The van der Waals surface area contributed by atoms with Gasteiger partial charge >= 0.3 is 0 Å². The number of hydrogen-bond donors (Lipinski definition) is 1. The molecule has 3 rings (SSSR count). The van der Waals surface area contributed by atoms with E-state index in [4.69, 9.17) is 28.9 Å². The lowest BCUT2D eigenvalue weighted by Gasteiger charge is -2.23. The smallest absolute Gasteiger partial charge is 0.150 e. The molecule has 104 valence electrons. The van der Waals surface area contributed by atoms with Gasteiger partial charge in [0.1, 0.15) is 11.6 Å². The quantitative estimate of drug-likeness (QED) is 0.868. The first-order valence-corrected chi connectivity index (χ1v) is 7.34. The number of nitrogens with two attached hydrogens (primary N) is 1. The zero-order valence-corrected chi connectivity index (χ0v) is 12.5. The minimum atomic E-state index is 0.323. The van der Waals surface area contributed by atoms with Crippen LogP contribution < -0.4 is 10.6 Å². The second-order valence-electron chi connectivity index (χ2n) is 4.95. The van der Waals surface area contributed by atoms with Crippen LogP contribution in [0.1, 0.15) is 17.5 Å². The molecule has 1 aliphatic rings. The van der Waals surface area contributed by atoms with Crippen molar-refractivity contribution in [2.45, 2.75) is 19.4 Å². The Kier molecular flexibility index (Phi) is 3.72. The summed E-state index contributed by atoms with van der Waals surface area (Å²) < 4.78 is 0. The van der Waals surface area contributed by atoms with E-state index in [9.17, 15) is 0 Å². The molecule has 0 atom stereocenters. The molecular formula is C15H15Cl2N3. The van der Waals surface area contributed by atoms with Gasteiger partial charge in [-0.3, -0.25) is 0 Å². The number of aryl methyl sites for hydroxylation is 1. The van der Waals surface area contributed by atoms with Crippen LogP contribution in [0.2, 0.25) is 10.0 Å². The molecule has 1 aromatic heterocycles. The van der Waals surface area contributed by atoms with E-state index >= 15 is 0 Å². The minimum absolute atomic E-state index is 0.323. The van der Waals surface area contributed by atoms with Crippen LogP contribution in [0.25, 0.3) is 0 Å². The molecule has 0 aliphatic carbocycles. The molecule has 0 radical (unpaired) electrons. The average molecular weight is 308 g/mol. The number of fused-ring (bicyclic) bond motifs is 1. The van der Waals surface area contributed by atoms with Crippen molar-refractivity contribution in [2.75, 3.05) is 17.2 Å². The van der Waals surface area contributed by atoms with Gasteiger partial charge in [0, 0.05) is 13.1 Å². The largest absolute Gasteiger partial charge is 0.382 e. The van der Waals surface area contributed by atoms with Crippen molar-refractivity contribution >= 4 is 34.8 Å². The molecule has 2 heterocycles. The molecule has 1 aromatic carbocycles. The van der Waals surface area contributed by atoms with Crippen molar-refractivity contribution < 1.29 is 0 Å². The van der Waals surface area contributed by atoms with E-state index in [2.05, 4.69) is 34.1 Å². The van der Waals surface area contributed by atoms with Crippen molar-refractivity contribution in [3.8, 4) is 0 Å². The highest BCUT2D eigenvalue weighted by Gasteiger charge is 2.18. The van der Waals surface area contributed by atoms with Crippen LogP contribution in [0.4, 0.5) is 11.6 Å². The first-order chi connectivity index (χ1) is 9.65. The van der Waals surface area contributed by atoms with E-state index in [0.717, 1.165) is 25.9 Å². The molecule has 0 saturated heterocycles. The zero-order valence-electron chi connectivity index (χ0n) is 10.9. The van der Waals surface area contributed by atoms with E-state index < -0.39 is 0 Å². The zero-order chi connectivity index (χ0) is 14.1. The Morgan fingerprint density at radius 2 is 1.85 bits per heavy atom. The standard InChI is InChI=1S/C15H15Cl2N3/c16-12-8-13(17)15(19-14(12)18)20-7-3-6-10-4-1-2-5-11(10)9-20/h1-2,4-5,8H,3,6-7,9H2,(H2,18,19). The van der Waals surface area contributed by atoms with Gasteiger partial charge in [0.15, 0.2) is 0 Å². The maximum atomic E-state index is 6.27. The predicted octanol–water partition coefficient (Wildman–Crippen LogP) is 3.92. The van der Waals surface area contributed by atoms with E-state index in [0.29, 0.717) is 21.7 Å². The van der Waals surface area contributed by atoms with E-state index in [1.165, 1.54) is 11.1 Å². The van der Waals surface area contributed by atoms with Crippen molar-refractivity contribution in [2.24, 2.45) is 0 Å². The molecule has 0 fully saturated rings. The summed E-state index contributed by atoms with van der Waals surface area (Å²) in [5, 5.41) is 0.942. The summed E-state index contributed by atoms with van der Waals surface area (Å²) in [4.78, 5) is 6.52. The third-order valence-corrected chi connectivity index (χ3v) is 4.17. The molecule has 0 bridgehead atoms. The minimum Gasteiger partial charge on any atom is -0.382 e. The van der Waals surface area contributed by atoms with Gasteiger partial charge in [-0.15, -0.1) is 0 Å². The van der Waals surface area contributed by atoms with Crippen molar-refractivity contribution in [1.29, 1.82) is 0 Å². The van der Waals surface area contributed by atoms with Crippen LogP contribution >= 0.6 is 23.2 Å². The number of nitrogens with zero attached hydrogens (tertiary/aromatic N) is 2. The number of aromatic nitrogens is 1. The summed E-state index contributed by atoms with van der Waals surface area (Å²) in [5.41, 5.74) is 8.51. The molecule has 1 aliphatic heterocycles. The summed E-state index contributed by atoms with van der Waals surface area (Å²) in [5.74, 6) is 1.04. The first-order valence-electron chi connectivity index (χ1n) is 6.58. The van der Waals surface area contributed by atoms with E-state index in [1.807, 2.05) is 0 Å². The Morgan fingerprint density at radius 3 is 2.65 bits per heavy atom. The number of hydrogen-bond acceptors (Lipinski definition) is 3. The van der Waals surface area contributed by atoms with Gasteiger partial charge in [0.25, 0.3) is 0 Å². The number of rotatable bonds is 1. The van der Waals surface area contributed by atoms with Gasteiger partial charge in [-0.05, 0) is 30.0 Å². The van der Waals surface area contributed by atoms with Crippen molar-refractivity contribution in [3.05, 3.63) is 51.5 Å². The van der Waals surface area contributed by atoms with Crippen LogP contribution in [0.5, 0.6) is 0 Å².